The van der Waals surface area contributed by atoms with Crippen molar-refractivity contribution in [2.75, 3.05) is 0 Å². The van der Waals surface area contributed by atoms with Gasteiger partial charge in [-0.25, -0.2) is 4.79 Å². The van der Waals surface area contributed by atoms with Gasteiger partial charge in [-0.3, -0.25) is 14.7 Å². The van der Waals surface area contributed by atoms with Crippen molar-refractivity contribution >= 4 is 11.9 Å². The summed E-state index contributed by atoms with van der Waals surface area (Å²) < 4.78 is 0. The minimum absolute atomic E-state index is 0.202. The van der Waals surface area contributed by atoms with Gasteiger partial charge < -0.3 is 11.1 Å². The van der Waals surface area contributed by atoms with E-state index in [9.17, 15) is 9.59 Å². The van der Waals surface area contributed by atoms with Gasteiger partial charge in [-0.05, 0) is 25.0 Å². The second-order valence-electron chi connectivity index (χ2n) is 4.82. The van der Waals surface area contributed by atoms with Crippen LogP contribution in [0.1, 0.15) is 31.5 Å². The first-order valence-corrected chi connectivity index (χ1v) is 6.28. The molecule has 6 nitrogen and oxygen atoms in total. The van der Waals surface area contributed by atoms with Crippen molar-refractivity contribution in [3.05, 3.63) is 29.6 Å². The smallest absolute Gasteiger partial charge is 0.325 e. The zero-order valence-corrected chi connectivity index (χ0v) is 11.1. The third kappa shape index (κ3) is 2.31. The molecule has 102 valence electrons. The van der Waals surface area contributed by atoms with E-state index in [0.29, 0.717) is 12.1 Å². The number of pyridine rings is 1. The first-order chi connectivity index (χ1) is 9.01. The maximum atomic E-state index is 12.3. The number of nitrogens with two attached hydrogens (primary N) is 1. The molecule has 6 heteroatoms. The number of hydrogen-bond acceptors (Lipinski definition) is 4. The number of carbonyl (C=O) groups is 2. The molecule has 1 atom stereocenters. The van der Waals surface area contributed by atoms with Crippen molar-refractivity contribution in [2.45, 2.75) is 38.9 Å². The summed E-state index contributed by atoms with van der Waals surface area (Å²) in [4.78, 5) is 29.5. The Bertz CT molecular complexity index is 517. The van der Waals surface area contributed by atoms with E-state index < -0.39 is 5.54 Å². The molecule has 0 spiro atoms. The number of urea groups is 1. The number of nitrogens with zero attached hydrogens (tertiary/aromatic N) is 2. The van der Waals surface area contributed by atoms with Crippen LogP contribution in [0.2, 0.25) is 0 Å². The molecule has 2 rings (SSSR count). The van der Waals surface area contributed by atoms with E-state index in [2.05, 4.69) is 10.3 Å². The second-order valence-corrected chi connectivity index (χ2v) is 4.82. The largest absolute Gasteiger partial charge is 0.325 e. The average Bonchev–Trinajstić information content (AvgIpc) is 2.63. The molecule has 2 heterocycles. The zero-order chi connectivity index (χ0) is 14.0. The van der Waals surface area contributed by atoms with E-state index in [4.69, 9.17) is 5.73 Å². The van der Waals surface area contributed by atoms with Gasteiger partial charge in [0.1, 0.15) is 5.54 Å². The number of nitrogens with one attached hydrogen (secondary N) is 1. The summed E-state index contributed by atoms with van der Waals surface area (Å²) in [7, 11) is 0. The van der Waals surface area contributed by atoms with Crippen molar-refractivity contribution in [1.29, 1.82) is 0 Å². The fraction of sp³-hybridized carbons (Fsp3) is 0.462. The van der Waals surface area contributed by atoms with Crippen LogP contribution in [0.5, 0.6) is 0 Å². The maximum Gasteiger partial charge on any atom is 0.325 e. The van der Waals surface area contributed by atoms with Crippen LogP contribution < -0.4 is 11.1 Å². The van der Waals surface area contributed by atoms with Crippen LogP contribution in [0.15, 0.2) is 18.3 Å². The lowest BCUT2D eigenvalue weighted by molar-refractivity contribution is -0.131. The zero-order valence-electron chi connectivity index (χ0n) is 11.1. The highest BCUT2D eigenvalue weighted by molar-refractivity contribution is 6.06. The number of hydrogen-bond donors (Lipinski definition) is 2. The predicted molar refractivity (Wildman–Crippen MR) is 69.9 cm³/mol. The minimum atomic E-state index is -0.803. The van der Waals surface area contributed by atoms with Gasteiger partial charge in [0, 0.05) is 12.7 Å². The Kier molecular flexibility index (Phi) is 3.53. The monoisotopic (exact) mass is 262 g/mol. The van der Waals surface area contributed by atoms with Gasteiger partial charge in [-0.15, -0.1) is 0 Å². The van der Waals surface area contributed by atoms with Gasteiger partial charge in [-0.1, -0.05) is 13.0 Å². The molecule has 1 aliphatic heterocycles. The molecule has 0 aliphatic carbocycles. The third-order valence-electron chi connectivity index (χ3n) is 3.56. The Morgan fingerprint density at radius 1 is 1.47 bits per heavy atom. The van der Waals surface area contributed by atoms with Crippen LogP contribution >= 0.6 is 0 Å². The van der Waals surface area contributed by atoms with Crippen LogP contribution in [0.3, 0.4) is 0 Å². The van der Waals surface area contributed by atoms with Crippen molar-refractivity contribution in [2.24, 2.45) is 5.73 Å². The van der Waals surface area contributed by atoms with Crippen LogP contribution in [0.25, 0.3) is 0 Å². The van der Waals surface area contributed by atoms with Gasteiger partial charge in [0.25, 0.3) is 5.91 Å². The first-order valence-electron chi connectivity index (χ1n) is 6.28. The van der Waals surface area contributed by atoms with Crippen molar-refractivity contribution in [3.63, 3.8) is 0 Å². The molecule has 19 heavy (non-hydrogen) atoms. The summed E-state index contributed by atoms with van der Waals surface area (Å²) in [6.45, 7) is 4.10. The molecular weight excluding hydrogens is 244 g/mol. The normalized spacial score (nSPS) is 22.8. The summed E-state index contributed by atoms with van der Waals surface area (Å²) in [5, 5.41) is 2.72. The van der Waals surface area contributed by atoms with Crippen molar-refractivity contribution in [3.8, 4) is 0 Å². The molecule has 1 fully saturated rings. The van der Waals surface area contributed by atoms with Gasteiger partial charge in [0.05, 0.1) is 12.2 Å². The molecule has 3 N–H and O–H groups in total. The van der Waals surface area contributed by atoms with Crippen LogP contribution in [0, 0.1) is 0 Å². The minimum Gasteiger partial charge on any atom is -0.325 e. The van der Waals surface area contributed by atoms with Gasteiger partial charge in [0.15, 0.2) is 0 Å². The fourth-order valence-electron chi connectivity index (χ4n) is 2.10. The molecule has 1 aromatic heterocycles. The summed E-state index contributed by atoms with van der Waals surface area (Å²) in [5.41, 5.74) is 6.31. The molecule has 0 bridgehead atoms. The second kappa shape index (κ2) is 4.97. The molecule has 0 saturated carbocycles. The van der Waals surface area contributed by atoms with E-state index in [1.54, 1.807) is 19.2 Å². The van der Waals surface area contributed by atoms with E-state index in [1.165, 1.54) is 4.90 Å². The Hall–Kier alpha value is -1.95. The van der Waals surface area contributed by atoms with E-state index in [1.807, 2.05) is 13.0 Å². The van der Waals surface area contributed by atoms with Crippen LogP contribution in [-0.2, 0) is 17.9 Å². The Balaban J connectivity index is 2.24. The average molecular weight is 262 g/mol. The predicted octanol–water partition coefficient (Wildman–Crippen LogP) is 0.761. The SMILES string of the molecule is CCC1(C)NC(=O)N(Cc2cccnc2CN)C1=O. The summed E-state index contributed by atoms with van der Waals surface area (Å²) in [6.07, 6.45) is 2.21. The molecular formula is C13H18N4O2. The summed E-state index contributed by atoms with van der Waals surface area (Å²) in [6, 6.07) is 3.24. The first kappa shape index (κ1) is 13.5. The van der Waals surface area contributed by atoms with Gasteiger partial charge >= 0.3 is 6.03 Å². The number of rotatable bonds is 4. The lowest BCUT2D eigenvalue weighted by Gasteiger charge is -2.19. The van der Waals surface area contributed by atoms with E-state index in [-0.39, 0.29) is 25.0 Å². The lowest BCUT2D eigenvalue weighted by Crippen LogP contribution is -2.43. The molecule has 1 unspecified atom stereocenters. The van der Waals surface area contributed by atoms with Crippen molar-refractivity contribution < 1.29 is 9.59 Å². The molecule has 0 radical (unpaired) electrons. The molecule has 1 aromatic rings. The number of carbonyl (C=O) groups excluding carboxylic acids is 2. The number of aromatic nitrogens is 1. The molecule has 0 aromatic carbocycles. The lowest BCUT2D eigenvalue weighted by atomic mass is 9.99. The fourth-order valence-corrected chi connectivity index (χ4v) is 2.10. The Morgan fingerprint density at radius 2 is 2.21 bits per heavy atom. The highest BCUT2D eigenvalue weighted by Crippen LogP contribution is 2.23. The standard InChI is InChI=1S/C13H18N4O2/c1-3-13(2)11(18)17(12(19)16-13)8-9-5-4-6-15-10(9)7-14/h4-6H,3,7-8,14H2,1-2H3,(H,16,19). The molecule has 3 amide bonds. The van der Waals surface area contributed by atoms with Crippen LogP contribution in [0.4, 0.5) is 4.79 Å². The Morgan fingerprint density at radius 3 is 2.79 bits per heavy atom. The Labute approximate surface area is 112 Å². The van der Waals surface area contributed by atoms with Gasteiger partial charge in [0.2, 0.25) is 0 Å². The number of imide groups is 1. The summed E-state index contributed by atoms with van der Waals surface area (Å²) >= 11 is 0. The van der Waals surface area contributed by atoms with Crippen molar-refractivity contribution in [1.82, 2.24) is 15.2 Å². The topological polar surface area (TPSA) is 88.3 Å². The van der Waals surface area contributed by atoms with Gasteiger partial charge in [-0.2, -0.15) is 0 Å². The highest BCUT2D eigenvalue weighted by atomic mass is 16.2. The highest BCUT2D eigenvalue weighted by Gasteiger charge is 2.46. The number of amides is 3. The quantitative estimate of drug-likeness (QED) is 0.784. The maximum absolute atomic E-state index is 12.3. The molecule has 1 aliphatic rings. The summed E-state index contributed by atoms with van der Waals surface area (Å²) in [5.74, 6) is -0.202. The van der Waals surface area contributed by atoms with E-state index >= 15 is 0 Å². The third-order valence-corrected chi connectivity index (χ3v) is 3.56. The molecule has 1 saturated heterocycles. The van der Waals surface area contributed by atoms with Crippen LogP contribution in [-0.4, -0.2) is 27.4 Å². The van der Waals surface area contributed by atoms with E-state index in [0.717, 1.165) is 5.56 Å².